The first kappa shape index (κ1) is 14.4. The third kappa shape index (κ3) is 4.62. The minimum Gasteiger partial charge on any atom is -0.396 e. The summed E-state index contributed by atoms with van der Waals surface area (Å²) in [6.45, 7) is 6.43. The van der Waals surface area contributed by atoms with E-state index in [9.17, 15) is 4.79 Å². The Kier molecular flexibility index (Phi) is 6.52. The summed E-state index contributed by atoms with van der Waals surface area (Å²) in [5.74, 6) is 0.203. The van der Waals surface area contributed by atoms with Crippen molar-refractivity contribution in [1.82, 2.24) is 5.32 Å². The highest BCUT2D eigenvalue weighted by Gasteiger charge is 2.30. The van der Waals surface area contributed by atoms with Gasteiger partial charge in [0.1, 0.15) is 5.60 Å². The van der Waals surface area contributed by atoms with Crippen molar-refractivity contribution in [2.75, 3.05) is 20.3 Å². The van der Waals surface area contributed by atoms with Crippen LogP contribution in [0.4, 0.5) is 0 Å². The lowest BCUT2D eigenvalue weighted by Crippen LogP contribution is -2.46. The summed E-state index contributed by atoms with van der Waals surface area (Å²) in [5.41, 5.74) is -0.737. The standard InChI is InChI=1S/C11H23NO3/c1-5-11(3,15-4)10(14)12-8-9(2)6-7-13/h9,13H,5-8H2,1-4H3,(H,12,14). The van der Waals surface area contributed by atoms with Gasteiger partial charge in [0.2, 0.25) is 0 Å². The number of hydrogen-bond donors (Lipinski definition) is 2. The van der Waals surface area contributed by atoms with E-state index in [1.54, 1.807) is 14.0 Å². The second-order valence-corrected chi connectivity index (χ2v) is 4.12. The van der Waals surface area contributed by atoms with Gasteiger partial charge in [-0.15, -0.1) is 0 Å². The van der Waals surface area contributed by atoms with E-state index in [1.165, 1.54) is 0 Å². The topological polar surface area (TPSA) is 58.6 Å². The number of nitrogens with one attached hydrogen (secondary N) is 1. The summed E-state index contributed by atoms with van der Waals surface area (Å²) >= 11 is 0. The zero-order chi connectivity index (χ0) is 11.9. The molecule has 0 aromatic heterocycles. The third-order valence-electron chi connectivity index (χ3n) is 2.84. The van der Waals surface area contributed by atoms with Crippen molar-refractivity contribution in [3.8, 4) is 0 Å². The van der Waals surface area contributed by atoms with Gasteiger partial charge < -0.3 is 15.2 Å². The summed E-state index contributed by atoms with van der Waals surface area (Å²) in [6, 6.07) is 0. The van der Waals surface area contributed by atoms with Crippen molar-refractivity contribution >= 4 is 5.91 Å². The molecule has 90 valence electrons. The fourth-order valence-corrected chi connectivity index (χ4v) is 1.17. The largest absolute Gasteiger partial charge is 0.396 e. The van der Waals surface area contributed by atoms with E-state index in [1.807, 2.05) is 13.8 Å². The molecule has 0 heterocycles. The number of hydrogen-bond acceptors (Lipinski definition) is 3. The summed E-state index contributed by atoms with van der Waals surface area (Å²) in [5, 5.41) is 11.6. The van der Waals surface area contributed by atoms with E-state index >= 15 is 0 Å². The Morgan fingerprint density at radius 1 is 1.60 bits per heavy atom. The highest BCUT2D eigenvalue weighted by molar-refractivity contribution is 5.84. The van der Waals surface area contributed by atoms with Crippen molar-refractivity contribution in [3.63, 3.8) is 0 Å². The van der Waals surface area contributed by atoms with Gasteiger partial charge in [0.15, 0.2) is 0 Å². The van der Waals surface area contributed by atoms with Crippen molar-refractivity contribution < 1.29 is 14.6 Å². The summed E-state index contributed by atoms with van der Waals surface area (Å²) in [6.07, 6.45) is 1.35. The number of amides is 1. The average molecular weight is 217 g/mol. The third-order valence-corrected chi connectivity index (χ3v) is 2.84. The van der Waals surface area contributed by atoms with E-state index < -0.39 is 5.60 Å². The van der Waals surface area contributed by atoms with Gasteiger partial charge in [0.25, 0.3) is 5.91 Å². The molecule has 0 saturated carbocycles. The van der Waals surface area contributed by atoms with Crippen LogP contribution >= 0.6 is 0 Å². The zero-order valence-corrected chi connectivity index (χ0v) is 10.2. The monoisotopic (exact) mass is 217 g/mol. The van der Waals surface area contributed by atoms with Crippen molar-refractivity contribution in [2.24, 2.45) is 5.92 Å². The lowest BCUT2D eigenvalue weighted by atomic mass is 10.0. The molecule has 0 aliphatic heterocycles. The fraction of sp³-hybridized carbons (Fsp3) is 0.909. The van der Waals surface area contributed by atoms with E-state index in [2.05, 4.69) is 5.32 Å². The molecule has 4 heteroatoms. The second kappa shape index (κ2) is 6.80. The molecule has 0 fully saturated rings. The number of rotatable bonds is 7. The van der Waals surface area contributed by atoms with Gasteiger partial charge in [0.05, 0.1) is 0 Å². The molecule has 4 nitrogen and oxygen atoms in total. The van der Waals surface area contributed by atoms with E-state index in [0.717, 1.165) is 0 Å². The van der Waals surface area contributed by atoms with Gasteiger partial charge in [0, 0.05) is 20.3 Å². The number of aliphatic hydroxyl groups is 1. The van der Waals surface area contributed by atoms with E-state index in [-0.39, 0.29) is 18.4 Å². The minimum absolute atomic E-state index is 0.0858. The molecule has 0 aliphatic carbocycles. The molecule has 0 rings (SSSR count). The Balaban J connectivity index is 4.02. The predicted octanol–water partition coefficient (Wildman–Crippen LogP) is 0.936. The maximum absolute atomic E-state index is 11.7. The first-order valence-electron chi connectivity index (χ1n) is 5.44. The van der Waals surface area contributed by atoms with Gasteiger partial charge in [-0.2, -0.15) is 0 Å². The van der Waals surface area contributed by atoms with Crippen LogP contribution in [0.25, 0.3) is 0 Å². The summed E-state index contributed by atoms with van der Waals surface area (Å²) in [4.78, 5) is 11.7. The Bertz CT molecular complexity index is 190. The predicted molar refractivity (Wildman–Crippen MR) is 59.6 cm³/mol. The molecule has 0 aromatic rings. The zero-order valence-electron chi connectivity index (χ0n) is 10.2. The Morgan fingerprint density at radius 2 is 2.20 bits per heavy atom. The number of ether oxygens (including phenoxy) is 1. The molecule has 0 bridgehead atoms. The van der Waals surface area contributed by atoms with Crippen LogP contribution < -0.4 is 5.32 Å². The lowest BCUT2D eigenvalue weighted by molar-refractivity contribution is -0.142. The van der Waals surface area contributed by atoms with Gasteiger partial charge in [-0.05, 0) is 25.7 Å². The lowest BCUT2D eigenvalue weighted by Gasteiger charge is -2.26. The Labute approximate surface area is 92.0 Å². The van der Waals surface area contributed by atoms with Crippen molar-refractivity contribution in [3.05, 3.63) is 0 Å². The maximum Gasteiger partial charge on any atom is 0.251 e. The highest BCUT2D eigenvalue weighted by atomic mass is 16.5. The van der Waals surface area contributed by atoms with E-state index in [4.69, 9.17) is 9.84 Å². The molecule has 2 N–H and O–H groups in total. The fourth-order valence-electron chi connectivity index (χ4n) is 1.17. The Morgan fingerprint density at radius 3 is 2.60 bits per heavy atom. The molecule has 0 radical (unpaired) electrons. The van der Waals surface area contributed by atoms with Crippen LogP contribution in [0.1, 0.15) is 33.6 Å². The quantitative estimate of drug-likeness (QED) is 0.667. The van der Waals surface area contributed by atoms with Crippen LogP contribution in [-0.4, -0.2) is 36.9 Å². The van der Waals surface area contributed by atoms with Crippen LogP contribution in [0.3, 0.4) is 0 Å². The normalized spacial score (nSPS) is 16.9. The van der Waals surface area contributed by atoms with Crippen LogP contribution in [0.5, 0.6) is 0 Å². The number of aliphatic hydroxyl groups excluding tert-OH is 1. The van der Waals surface area contributed by atoms with Gasteiger partial charge in [-0.3, -0.25) is 4.79 Å². The summed E-state index contributed by atoms with van der Waals surface area (Å²) in [7, 11) is 1.54. The molecular weight excluding hydrogens is 194 g/mol. The first-order chi connectivity index (χ1) is 7.00. The molecule has 2 unspecified atom stereocenters. The molecule has 15 heavy (non-hydrogen) atoms. The molecule has 0 spiro atoms. The number of carbonyl (C=O) groups is 1. The molecular formula is C11H23NO3. The first-order valence-corrected chi connectivity index (χ1v) is 5.44. The van der Waals surface area contributed by atoms with E-state index in [0.29, 0.717) is 19.4 Å². The van der Waals surface area contributed by atoms with Crippen molar-refractivity contribution in [2.45, 2.75) is 39.2 Å². The van der Waals surface area contributed by atoms with Crippen LogP contribution in [0, 0.1) is 5.92 Å². The molecule has 0 aliphatic rings. The van der Waals surface area contributed by atoms with Crippen LogP contribution in [-0.2, 0) is 9.53 Å². The molecule has 2 atom stereocenters. The SMILES string of the molecule is CCC(C)(OC)C(=O)NCC(C)CCO. The highest BCUT2D eigenvalue weighted by Crippen LogP contribution is 2.14. The number of methoxy groups -OCH3 is 1. The van der Waals surface area contributed by atoms with Gasteiger partial charge >= 0.3 is 0 Å². The number of carbonyl (C=O) groups excluding carboxylic acids is 1. The van der Waals surface area contributed by atoms with Gasteiger partial charge in [-0.1, -0.05) is 13.8 Å². The minimum atomic E-state index is -0.737. The van der Waals surface area contributed by atoms with Gasteiger partial charge in [-0.25, -0.2) is 0 Å². The second-order valence-electron chi connectivity index (χ2n) is 4.12. The van der Waals surface area contributed by atoms with Crippen LogP contribution in [0.15, 0.2) is 0 Å². The smallest absolute Gasteiger partial charge is 0.251 e. The molecule has 0 saturated heterocycles. The van der Waals surface area contributed by atoms with Crippen molar-refractivity contribution in [1.29, 1.82) is 0 Å². The Hall–Kier alpha value is -0.610. The molecule has 1 amide bonds. The maximum atomic E-state index is 11.7. The average Bonchev–Trinajstić information content (AvgIpc) is 2.25. The molecule has 0 aromatic carbocycles. The van der Waals surface area contributed by atoms with Crippen LogP contribution in [0.2, 0.25) is 0 Å². The summed E-state index contributed by atoms with van der Waals surface area (Å²) < 4.78 is 5.18.